The summed E-state index contributed by atoms with van der Waals surface area (Å²) in [5.74, 6) is 1.46. The Hall–Kier alpha value is -2.56. The molecule has 0 bridgehead atoms. The molecule has 1 aliphatic rings. The largest absolute Gasteiger partial charge is 0.370 e. The molecule has 0 radical (unpaired) electrons. The van der Waals surface area contributed by atoms with Gasteiger partial charge in [-0.15, -0.1) is 0 Å². The predicted octanol–water partition coefficient (Wildman–Crippen LogP) is 2.61. The van der Waals surface area contributed by atoms with Crippen LogP contribution in [0.5, 0.6) is 0 Å². The van der Waals surface area contributed by atoms with Gasteiger partial charge in [0.25, 0.3) is 0 Å². The Morgan fingerprint density at radius 2 is 1.95 bits per heavy atom. The van der Waals surface area contributed by atoms with E-state index in [-0.39, 0.29) is 0 Å². The molecule has 0 unspecified atom stereocenters. The van der Waals surface area contributed by atoms with Gasteiger partial charge in [-0.05, 0) is 42.7 Å². The van der Waals surface area contributed by atoms with Crippen LogP contribution in [0.2, 0.25) is 0 Å². The summed E-state index contributed by atoms with van der Waals surface area (Å²) < 4.78 is 0. The number of anilines is 2. The fraction of sp³-hybridized carbons (Fsp3) is 0.294. The SMILES string of the molecule is NC(=NCc1ccnc(N2CCCC2)c1)Nc1ccccc1. The van der Waals surface area contributed by atoms with E-state index in [0.29, 0.717) is 12.5 Å². The Labute approximate surface area is 130 Å². The van der Waals surface area contributed by atoms with E-state index in [2.05, 4.69) is 26.3 Å². The van der Waals surface area contributed by atoms with Crippen LogP contribution in [0.3, 0.4) is 0 Å². The van der Waals surface area contributed by atoms with Crippen LogP contribution in [-0.4, -0.2) is 24.0 Å². The number of hydrogen-bond donors (Lipinski definition) is 2. The highest BCUT2D eigenvalue weighted by molar-refractivity contribution is 5.92. The third kappa shape index (κ3) is 3.75. The Morgan fingerprint density at radius 3 is 2.73 bits per heavy atom. The first-order valence-corrected chi connectivity index (χ1v) is 7.63. The molecular formula is C17H21N5. The molecule has 1 aromatic heterocycles. The van der Waals surface area contributed by atoms with Crippen molar-refractivity contribution in [2.24, 2.45) is 10.7 Å². The lowest BCUT2D eigenvalue weighted by molar-refractivity contribution is 0.928. The van der Waals surface area contributed by atoms with Gasteiger partial charge < -0.3 is 16.0 Å². The first kappa shape index (κ1) is 14.4. The third-order valence-corrected chi connectivity index (χ3v) is 3.72. The lowest BCUT2D eigenvalue weighted by atomic mass is 10.2. The van der Waals surface area contributed by atoms with Gasteiger partial charge in [-0.25, -0.2) is 9.98 Å². The molecule has 0 spiro atoms. The number of benzene rings is 1. The van der Waals surface area contributed by atoms with Gasteiger partial charge in [-0.2, -0.15) is 0 Å². The molecule has 22 heavy (non-hydrogen) atoms. The molecule has 5 nitrogen and oxygen atoms in total. The van der Waals surface area contributed by atoms with Crippen molar-refractivity contribution in [2.45, 2.75) is 19.4 Å². The minimum atomic E-state index is 0.422. The Morgan fingerprint density at radius 1 is 1.18 bits per heavy atom. The van der Waals surface area contributed by atoms with E-state index in [0.717, 1.165) is 30.2 Å². The van der Waals surface area contributed by atoms with Gasteiger partial charge >= 0.3 is 0 Å². The van der Waals surface area contributed by atoms with Crippen LogP contribution in [0.15, 0.2) is 53.7 Å². The van der Waals surface area contributed by atoms with Crippen molar-refractivity contribution in [1.29, 1.82) is 0 Å². The van der Waals surface area contributed by atoms with Gasteiger partial charge in [0, 0.05) is 25.0 Å². The number of aromatic nitrogens is 1. The quantitative estimate of drug-likeness (QED) is 0.672. The van der Waals surface area contributed by atoms with Gasteiger partial charge in [-0.3, -0.25) is 0 Å². The molecule has 2 heterocycles. The molecule has 1 saturated heterocycles. The fourth-order valence-electron chi connectivity index (χ4n) is 2.56. The van der Waals surface area contributed by atoms with Crippen LogP contribution in [0.4, 0.5) is 11.5 Å². The van der Waals surface area contributed by atoms with Crippen LogP contribution >= 0.6 is 0 Å². The lowest BCUT2D eigenvalue weighted by Gasteiger charge is -2.16. The summed E-state index contributed by atoms with van der Waals surface area (Å²) >= 11 is 0. The van der Waals surface area contributed by atoms with Crippen molar-refractivity contribution < 1.29 is 0 Å². The van der Waals surface area contributed by atoms with E-state index in [4.69, 9.17) is 5.73 Å². The number of nitrogens with one attached hydrogen (secondary N) is 1. The Kier molecular flexibility index (Phi) is 4.53. The average Bonchev–Trinajstić information content (AvgIpc) is 3.09. The van der Waals surface area contributed by atoms with Crippen molar-refractivity contribution in [3.8, 4) is 0 Å². The second kappa shape index (κ2) is 6.93. The zero-order valence-corrected chi connectivity index (χ0v) is 12.6. The van der Waals surface area contributed by atoms with Crippen molar-refractivity contribution in [2.75, 3.05) is 23.3 Å². The van der Waals surface area contributed by atoms with Crippen LogP contribution in [0.1, 0.15) is 18.4 Å². The smallest absolute Gasteiger partial charge is 0.193 e. The van der Waals surface area contributed by atoms with Gasteiger partial charge in [0.1, 0.15) is 5.82 Å². The molecule has 0 aliphatic carbocycles. The van der Waals surface area contributed by atoms with Crippen LogP contribution in [0.25, 0.3) is 0 Å². The van der Waals surface area contributed by atoms with Gasteiger partial charge in [0.2, 0.25) is 0 Å². The monoisotopic (exact) mass is 295 g/mol. The highest BCUT2D eigenvalue weighted by atomic mass is 15.2. The van der Waals surface area contributed by atoms with E-state index in [1.165, 1.54) is 12.8 Å². The molecule has 3 N–H and O–H groups in total. The maximum atomic E-state index is 5.93. The van der Waals surface area contributed by atoms with E-state index < -0.39 is 0 Å². The van der Waals surface area contributed by atoms with E-state index >= 15 is 0 Å². The standard InChI is InChI=1S/C17H21N5/c18-17(21-15-6-2-1-3-7-15)20-13-14-8-9-19-16(12-14)22-10-4-5-11-22/h1-3,6-9,12H,4-5,10-11,13H2,(H3,18,20,21). The molecule has 0 saturated carbocycles. The summed E-state index contributed by atoms with van der Waals surface area (Å²) in [5, 5.41) is 3.08. The summed E-state index contributed by atoms with van der Waals surface area (Å²) in [4.78, 5) is 11.2. The van der Waals surface area contributed by atoms with Gasteiger partial charge in [-0.1, -0.05) is 18.2 Å². The predicted molar refractivity (Wildman–Crippen MR) is 91.1 cm³/mol. The average molecular weight is 295 g/mol. The van der Waals surface area contributed by atoms with Crippen molar-refractivity contribution in [1.82, 2.24) is 4.98 Å². The zero-order chi connectivity index (χ0) is 15.2. The molecule has 0 atom stereocenters. The van der Waals surface area contributed by atoms with Gasteiger partial charge in [0.05, 0.1) is 6.54 Å². The number of para-hydroxylation sites is 1. The second-order valence-electron chi connectivity index (χ2n) is 5.41. The molecule has 1 fully saturated rings. The number of aliphatic imine (C=N–C) groups is 1. The summed E-state index contributed by atoms with van der Waals surface area (Å²) in [6, 6.07) is 13.9. The molecule has 5 heteroatoms. The number of hydrogen-bond acceptors (Lipinski definition) is 3. The third-order valence-electron chi connectivity index (χ3n) is 3.72. The summed E-state index contributed by atoms with van der Waals surface area (Å²) in [7, 11) is 0. The summed E-state index contributed by atoms with van der Waals surface area (Å²) in [6.45, 7) is 2.74. The van der Waals surface area contributed by atoms with E-state index in [1.54, 1.807) is 0 Å². The van der Waals surface area contributed by atoms with Crippen LogP contribution < -0.4 is 16.0 Å². The van der Waals surface area contributed by atoms with Crippen molar-refractivity contribution in [3.05, 3.63) is 54.2 Å². The highest BCUT2D eigenvalue weighted by Crippen LogP contribution is 2.18. The molecule has 3 rings (SSSR count). The maximum absolute atomic E-state index is 5.93. The van der Waals surface area contributed by atoms with Crippen LogP contribution in [0, 0.1) is 0 Å². The van der Waals surface area contributed by atoms with Gasteiger partial charge in [0.15, 0.2) is 5.96 Å². The van der Waals surface area contributed by atoms with E-state index in [1.807, 2.05) is 42.6 Å². The maximum Gasteiger partial charge on any atom is 0.193 e. The minimum absolute atomic E-state index is 0.422. The fourth-order valence-corrected chi connectivity index (χ4v) is 2.56. The number of rotatable bonds is 4. The highest BCUT2D eigenvalue weighted by Gasteiger charge is 2.13. The van der Waals surface area contributed by atoms with Crippen LogP contribution in [-0.2, 0) is 6.54 Å². The summed E-state index contributed by atoms with van der Waals surface area (Å²) in [6.07, 6.45) is 4.34. The molecule has 114 valence electrons. The molecule has 2 aromatic rings. The number of pyridine rings is 1. The lowest BCUT2D eigenvalue weighted by Crippen LogP contribution is -2.22. The number of nitrogens with two attached hydrogens (primary N) is 1. The summed E-state index contributed by atoms with van der Waals surface area (Å²) in [5.41, 5.74) is 7.99. The zero-order valence-electron chi connectivity index (χ0n) is 12.6. The second-order valence-corrected chi connectivity index (χ2v) is 5.41. The minimum Gasteiger partial charge on any atom is -0.370 e. The first-order valence-electron chi connectivity index (χ1n) is 7.63. The molecule has 0 amide bonds. The molecule has 1 aromatic carbocycles. The number of nitrogens with zero attached hydrogens (tertiary/aromatic N) is 3. The topological polar surface area (TPSA) is 66.5 Å². The van der Waals surface area contributed by atoms with Crippen molar-refractivity contribution in [3.63, 3.8) is 0 Å². The van der Waals surface area contributed by atoms with Crippen molar-refractivity contribution >= 4 is 17.5 Å². The first-order chi connectivity index (χ1) is 10.8. The number of guanidine groups is 1. The Balaban J connectivity index is 1.62. The normalized spacial score (nSPS) is 15.1. The molecular weight excluding hydrogens is 274 g/mol. The molecule has 1 aliphatic heterocycles. The van der Waals surface area contributed by atoms with E-state index in [9.17, 15) is 0 Å². The Bertz CT molecular complexity index is 633.